The van der Waals surface area contributed by atoms with Crippen molar-refractivity contribution in [1.29, 1.82) is 0 Å². The summed E-state index contributed by atoms with van der Waals surface area (Å²) in [5.41, 5.74) is 1.76. The molecule has 0 N–H and O–H groups in total. The summed E-state index contributed by atoms with van der Waals surface area (Å²) in [5.74, 6) is 0.117. The average Bonchev–Trinajstić information content (AvgIpc) is 3.12. The highest BCUT2D eigenvalue weighted by Crippen LogP contribution is 2.43. The van der Waals surface area contributed by atoms with E-state index in [1.165, 1.54) is 0 Å². The standard InChI is InChI=1S/C18H15Cl3N2O/c19-12-3-1-4-13(10-12)23-17(11-6-7-14(20)15(21)9-11)22-8-2-5-16(22)18(23)24/h1,3-4,6-7,9-10,16-17H,2,5,8H2. The molecule has 2 fully saturated rings. The molecule has 0 saturated carbocycles. The highest BCUT2D eigenvalue weighted by Gasteiger charge is 2.49. The molecule has 0 aromatic heterocycles. The Kier molecular flexibility index (Phi) is 4.21. The highest BCUT2D eigenvalue weighted by molar-refractivity contribution is 6.42. The Morgan fingerprint density at radius 3 is 2.58 bits per heavy atom. The maximum atomic E-state index is 13.0. The van der Waals surface area contributed by atoms with Crippen LogP contribution in [0.3, 0.4) is 0 Å². The number of hydrogen-bond donors (Lipinski definition) is 0. The van der Waals surface area contributed by atoms with Crippen molar-refractivity contribution in [3.8, 4) is 0 Å². The van der Waals surface area contributed by atoms with Gasteiger partial charge in [-0.15, -0.1) is 0 Å². The number of halogens is 3. The Balaban J connectivity index is 1.83. The molecule has 0 aliphatic carbocycles. The molecule has 2 aliphatic heterocycles. The Hall–Kier alpha value is -1.26. The number of rotatable bonds is 2. The van der Waals surface area contributed by atoms with Crippen molar-refractivity contribution in [1.82, 2.24) is 4.90 Å². The van der Waals surface area contributed by atoms with Gasteiger partial charge in [0.1, 0.15) is 6.17 Å². The molecule has 6 heteroatoms. The molecule has 2 atom stereocenters. The van der Waals surface area contributed by atoms with E-state index in [0.717, 1.165) is 30.6 Å². The van der Waals surface area contributed by atoms with Crippen molar-refractivity contribution in [3.05, 3.63) is 63.1 Å². The molecule has 4 rings (SSSR count). The van der Waals surface area contributed by atoms with Crippen LogP contribution in [0.5, 0.6) is 0 Å². The summed E-state index contributed by atoms with van der Waals surface area (Å²) in [6, 6.07) is 12.9. The first-order chi connectivity index (χ1) is 11.6. The van der Waals surface area contributed by atoms with Crippen molar-refractivity contribution in [3.63, 3.8) is 0 Å². The lowest BCUT2D eigenvalue weighted by Crippen LogP contribution is -2.32. The van der Waals surface area contributed by atoms with Crippen molar-refractivity contribution < 1.29 is 4.79 Å². The molecular weight excluding hydrogens is 367 g/mol. The first-order valence-corrected chi connectivity index (χ1v) is 8.99. The molecular formula is C18H15Cl3N2O. The van der Waals surface area contributed by atoms with Gasteiger partial charge in [0.05, 0.1) is 16.1 Å². The second-order valence-corrected chi connectivity index (χ2v) is 7.38. The fourth-order valence-corrected chi connectivity index (χ4v) is 4.18. The molecule has 3 nitrogen and oxygen atoms in total. The van der Waals surface area contributed by atoms with Crippen LogP contribution in [0.2, 0.25) is 15.1 Å². The molecule has 124 valence electrons. The van der Waals surface area contributed by atoms with Crippen molar-refractivity contribution in [2.45, 2.75) is 25.0 Å². The van der Waals surface area contributed by atoms with Gasteiger partial charge in [-0.25, -0.2) is 0 Å². The van der Waals surface area contributed by atoms with Crippen LogP contribution in [0.1, 0.15) is 24.6 Å². The maximum Gasteiger partial charge on any atom is 0.246 e. The number of fused-ring (bicyclic) bond motifs is 1. The topological polar surface area (TPSA) is 23.6 Å². The number of carbonyl (C=O) groups is 1. The number of amides is 1. The largest absolute Gasteiger partial charge is 0.290 e. The zero-order chi connectivity index (χ0) is 16.8. The summed E-state index contributed by atoms with van der Waals surface area (Å²) in [6.45, 7) is 0.887. The molecule has 0 bridgehead atoms. The SMILES string of the molecule is O=C1C2CCCN2C(c2ccc(Cl)c(Cl)c2)N1c1cccc(Cl)c1. The van der Waals surface area contributed by atoms with E-state index in [9.17, 15) is 4.79 Å². The third-order valence-corrected chi connectivity index (χ3v) is 5.68. The summed E-state index contributed by atoms with van der Waals surface area (Å²) in [6.07, 6.45) is 1.73. The molecule has 1 amide bonds. The van der Waals surface area contributed by atoms with Crippen LogP contribution in [0.25, 0.3) is 0 Å². The van der Waals surface area contributed by atoms with Gasteiger partial charge in [-0.3, -0.25) is 14.6 Å². The van der Waals surface area contributed by atoms with Gasteiger partial charge in [0.2, 0.25) is 5.91 Å². The smallest absolute Gasteiger partial charge is 0.246 e. The minimum absolute atomic E-state index is 0.0802. The Labute approximate surface area is 155 Å². The van der Waals surface area contributed by atoms with Crippen LogP contribution in [0, 0.1) is 0 Å². The lowest BCUT2D eigenvalue weighted by Gasteiger charge is -2.30. The van der Waals surface area contributed by atoms with Crippen molar-refractivity contribution in [2.75, 3.05) is 11.4 Å². The average molecular weight is 382 g/mol. The molecule has 2 aromatic carbocycles. The first kappa shape index (κ1) is 16.2. The fourth-order valence-electron chi connectivity index (χ4n) is 3.68. The summed E-state index contributed by atoms with van der Waals surface area (Å²) < 4.78 is 0. The third-order valence-electron chi connectivity index (χ3n) is 4.70. The first-order valence-electron chi connectivity index (χ1n) is 7.85. The van der Waals surface area contributed by atoms with Crippen LogP contribution >= 0.6 is 34.8 Å². The Bertz CT molecular complexity index is 811. The van der Waals surface area contributed by atoms with Gasteiger partial charge in [-0.05, 0) is 48.7 Å². The van der Waals surface area contributed by atoms with Crippen LogP contribution in [-0.2, 0) is 4.79 Å². The molecule has 2 saturated heterocycles. The van der Waals surface area contributed by atoms with E-state index in [1.54, 1.807) is 12.1 Å². The molecule has 24 heavy (non-hydrogen) atoms. The Morgan fingerprint density at radius 2 is 1.83 bits per heavy atom. The van der Waals surface area contributed by atoms with Crippen molar-refractivity contribution >= 4 is 46.4 Å². The number of benzene rings is 2. The zero-order valence-corrected chi connectivity index (χ0v) is 15.0. The number of nitrogens with zero attached hydrogens (tertiary/aromatic N) is 2. The van der Waals surface area contributed by atoms with Gasteiger partial charge in [-0.1, -0.05) is 46.9 Å². The second kappa shape index (κ2) is 6.23. The molecule has 2 unspecified atom stereocenters. The maximum absolute atomic E-state index is 13.0. The summed E-state index contributed by atoms with van der Waals surface area (Å²) >= 11 is 18.4. The quantitative estimate of drug-likeness (QED) is 0.717. The van der Waals surface area contributed by atoms with Gasteiger partial charge in [-0.2, -0.15) is 0 Å². The van der Waals surface area contributed by atoms with E-state index in [4.69, 9.17) is 34.8 Å². The lowest BCUT2D eigenvalue weighted by atomic mass is 10.1. The summed E-state index contributed by atoms with van der Waals surface area (Å²) in [5, 5.41) is 1.62. The summed E-state index contributed by atoms with van der Waals surface area (Å²) in [4.78, 5) is 17.1. The van der Waals surface area contributed by atoms with Gasteiger partial charge in [0.25, 0.3) is 0 Å². The fraction of sp³-hybridized carbons (Fsp3) is 0.278. The van der Waals surface area contributed by atoms with Crippen molar-refractivity contribution in [2.24, 2.45) is 0 Å². The minimum Gasteiger partial charge on any atom is -0.290 e. The molecule has 0 radical (unpaired) electrons. The van der Waals surface area contributed by atoms with Gasteiger partial charge < -0.3 is 0 Å². The van der Waals surface area contributed by atoms with E-state index >= 15 is 0 Å². The minimum atomic E-state index is -0.182. The van der Waals surface area contributed by atoms with Gasteiger partial charge in [0.15, 0.2) is 0 Å². The highest BCUT2D eigenvalue weighted by atomic mass is 35.5. The van der Waals surface area contributed by atoms with E-state index in [2.05, 4.69) is 4.90 Å². The number of carbonyl (C=O) groups excluding carboxylic acids is 1. The van der Waals surface area contributed by atoms with Crippen LogP contribution in [0.4, 0.5) is 5.69 Å². The Morgan fingerprint density at radius 1 is 1.00 bits per heavy atom. The predicted molar refractivity (Wildman–Crippen MR) is 97.9 cm³/mol. The lowest BCUT2D eigenvalue weighted by molar-refractivity contribution is -0.119. The normalized spacial score (nSPS) is 23.8. The number of anilines is 1. The van der Waals surface area contributed by atoms with Crippen LogP contribution in [-0.4, -0.2) is 23.4 Å². The molecule has 2 aliphatic rings. The van der Waals surface area contributed by atoms with E-state index in [-0.39, 0.29) is 18.1 Å². The van der Waals surface area contributed by atoms with Crippen LogP contribution < -0.4 is 4.90 Å². The number of hydrogen-bond acceptors (Lipinski definition) is 2. The van der Waals surface area contributed by atoms with E-state index < -0.39 is 0 Å². The monoisotopic (exact) mass is 380 g/mol. The van der Waals surface area contributed by atoms with E-state index in [1.807, 2.05) is 35.2 Å². The zero-order valence-electron chi connectivity index (χ0n) is 12.8. The van der Waals surface area contributed by atoms with Crippen LogP contribution in [0.15, 0.2) is 42.5 Å². The van der Waals surface area contributed by atoms with E-state index in [0.29, 0.717) is 15.1 Å². The summed E-state index contributed by atoms with van der Waals surface area (Å²) in [7, 11) is 0. The van der Waals surface area contributed by atoms with Gasteiger partial charge >= 0.3 is 0 Å². The predicted octanol–water partition coefficient (Wildman–Crippen LogP) is 5.16. The molecule has 2 aromatic rings. The van der Waals surface area contributed by atoms with Gasteiger partial charge in [0, 0.05) is 17.3 Å². The molecule has 2 heterocycles. The molecule has 0 spiro atoms. The third kappa shape index (κ3) is 2.60. The second-order valence-electron chi connectivity index (χ2n) is 6.13.